The first kappa shape index (κ1) is 13.2. The number of quaternary nitrogens is 1. The Bertz CT molecular complexity index is 270. The maximum Gasteiger partial charge on any atom is 0.165 e. The lowest BCUT2D eigenvalue weighted by Crippen LogP contribution is -2.45. The Labute approximate surface area is 91.1 Å². The fourth-order valence-corrected chi connectivity index (χ4v) is 1.34. The first-order valence-electron chi connectivity index (χ1n) is 4.58. The molecule has 3 nitrogen and oxygen atoms in total. The fourth-order valence-electron chi connectivity index (χ4n) is 1.34. The van der Waals surface area contributed by atoms with E-state index in [-0.39, 0.29) is 17.1 Å². The molecule has 0 amide bonds. The van der Waals surface area contributed by atoms with E-state index in [1.165, 1.54) is 0 Å². The van der Waals surface area contributed by atoms with Gasteiger partial charge in [0.15, 0.2) is 5.69 Å². The van der Waals surface area contributed by atoms with Crippen LogP contribution in [0, 0.1) is 0 Å². The number of benzene rings is 1. The minimum absolute atomic E-state index is 0. The van der Waals surface area contributed by atoms with E-state index in [1.54, 1.807) is 0 Å². The van der Waals surface area contributed by atoms with Crippen LogP contribution in [0.15, 0.2) is 24.3 Å². The van der Waals surface area contributed by atoms with Gasteiger partial charge < -0.3 is 5.73 Å². The van der Waals surface area contributed by atoms with Gasteiger partial charge >= 0.3 is 0 Å². The Morgan fingerprint density at radius 2 is 1.57 bits per heavy atom. The van der Waals surface area contributed by atoms with Gasteiger partial charge in [-0.1, -0.05) is 0 Å². The van der Waals surface area contributed by atoms with Crippen molar-refractivity contribution < 1.29 is 5.21 Å². The first-order chi connectivity index (χ1) is 6.12. The van der Waals surface area contributed by atoms with E-state index >= 15 is 0 Å². The number of nitrogens with two attached hydrogens (primary N) is 1. The zero-order chi connectivity index (χ0) is 9.90. The fraction of sp³-hybridized carbons (Fsp3) is 0.400. The molecule has 0 radical (unpaired) electrons. The van der Waals surface area contributed by atoms with Crippen molar-refractivity contribution in [3.05, 3.63) is 24.3 Å². The first-order valence-corrected chi connectivity index (χ1v) is 4.58. The summed E-state index contributed by atoms with van der Waals surface area (Å²) in [5.74, 6) is 0. The maximum absolute atomic E-state index is 10.1. The molecule has 0 spiro atoms. The smallest absolute Gasteiger partial charge is 0.165 e. The van der Waals surface area contributed by atoms with Crippen molar-refractivity contribution in [1.29, 1.82) is 0 Å². The largest absolute Gasteiger partial charge is 0.399 e. The molecule has 0 aliphatic heterocycles. The Morgan fingerprint density at radius 3 is 1.93 bits per heavy atom. The lowest BCUT2D eigenvalue weighted by Gasteiger charge is -2.26. The van der Waals surface area contributed by atoms with Crippen molar-refractivity contribution in [2.75, 3.05) is 18.8 Å². The van der Waals surface area contributed by atoms with Crippen LogP contribution in [0.1, 0.15) is 13.8 Å². The zero-order valence-corrected chi connectivity index (χ0v) is 9.42. The van der Waals surface area contributed by atoms with Gasteiger partial charge in [-0.05, 0) is 26.0 Å². The summed E-state index contributed by atoms with van der Waals surface area (Å²) in [6.45, 7) is 5.25. The Balaban J connectivity index is 0.00000169. The minimum atomic E-state index is -0.0275. The second kappa shape index (κ2) is 5.20. The molecule has 1 aromatic carbocycles. The third-order valence-electron chi connectivity index (χ3n) is 2.42. The third-order valence-corrected chi connectivity index (χ3v) is 2.42. The van der Waals surface area contributed by atoms with Gasteiger partial charge in [0.25, 0.3) is 0 Å². The molecular weight excluding hydrogens is 200 g/mol. The van der Waals surface area contributed by atoms with E-state index in [2.05, 4.69) is 0 Å². The van der Waals surface area contributed by atoms with Crippen molar-refractivity contribution in [1.82, 2.24) is 4.65 Å². The van der Waals surface area contributed by atoms with Crippen LogP contribution >= 0.6 is 12.4 Å². The SMILES string of the molecule is CC[N+](O)(CC)c1ccc(N)cc1.Cl. The number of hydroxylamine groups is 2. The second-order valence-electron chi connectivity index (χ2n) is 3.15. The molecule has 0 bridgehead atoms. The molecule has 0 heterocycles. The number of halogens is 1. The Hall–Kier alpha value is -0.770. The van der Waals surface area contributed by atoms with E-state index in [0.29, 0.717) is 13.1 Å². The van der Waals surface area contributed by atoms with Gasteiger partial charge in [0.05, 0.1) is 0 Å². The molecule has 0 saturated heterocycles. The molecule has 3 N–H and O–H groups in total. The van der Waals surface area contributed by atoms with Crippen LogP contribution in [-0.2, 0) is 0 Å². The number of rotatable bonds is 3. The summed E-state index contributed by atoms with van der Waals surface area (Å²) >= 11 is 0. The molecule has 0 saturated carbocycles. The van der Waals surface area contributed by atoms with Gasteiger partial charge in [-0.15, -0.1) is 12.4 Å². The van der Waals surface area contributed by atoms with Gasteiger partial charge in [-0.25, -0.2) is 5.21 Å². The standard InChI is InChI=1S/C10H17N2O.ClH/c1-3-12(13,4-2)10-7-5-9(11)6-8-10;/h5-8,13H,3-4,11H2,1-2H3;1H/q+1;. The summed E-state index contributed by atoms with van der Waals surface area (Å²) in [4.78, 5) is 0. The van der Waals surface area contributed by atoms with Crippen molar-refractivity contribution in [2.24, 2.45) is 0 Å². The zero-order valence-electron chi connectivity index (χ0n) is 8.60. The quantitative estimate of drug-likeness (QED) is 0.464. The van der Waals surface area contributed by atoms with E-state index < -0.39 is 0 Å². The van der Waals surface area contributed by atoms with Crippen molar-refractivity contribution in [3.63, 3.8) is 0 Å². The highest BCUT2D eigenvalue weighted by Gasteiger charge is 2.23. The summed E-state index contributed by atoms with van der Waals surface area (Å²) in [5.41, 5.74) is 7.18. The lowest BCUT2D eigenvalue weighted by molar-refractivity contribution is -0.0709. The monoisotopic (exact) mass is 217 g/mol. The van der Waals surface area contributed by atoms with E-state index in [4.69, 9.17) is 5.73 Å². The highest BCUT2D eigenvalue weighted by Crippen LogP contribution is 2.21. The molecule has 0 unspecified atom stereocenters. The highest BCUT2D eigenvalue weighted by molar-refractivity contribution is 5.85. The number of nitrogens with zero attached hydrogens (tertiary/aromatic N) is 1. The topological polar surface area (TPSA) is 46.2 Å². The summed E-state index contributed by atoms with van der Waals surface area (Å²) in [5, 5.41) is 10.1. The van der Waals surface area contributed by atoms with Crippen LogP contribution in [0.2, 0.25) is 0 Å². The summed E-state index contributed by atoms with van der Waals surface area (Å²) in [7, 11) is 0. The minimum Gasteiger partial charge on any atom is -0.399 e. The summed E-state index contributed by atoms with van der Waals surface area (Å²) < 4.78 is -0.0275. The molecule has 80 valence electrons. The summed E-state index contributed by atoms with van der Waals surface area (Å²) in [6.07, 6.45) is 0. The maximum atomic E-state index is 10.1. The van der Waals surface area contributed by atoms with Gasteiger partial charge in [0, 0.05) is 17.8 Å². The van der Waals surface area contributed by atoms with E-state index in [9.17, 15) is 5.21 Å². The van der Waals surface area contributed by atoms with Crippen LogP contribution in [0.3, 0.4) is 0 Å². The lowest BCUT2D eigenvalue weighted by atomic mass is 10.2. The highest BCUT2D eigenvalue weighted by atomic mass is 35.5. The van der Waals surface area contributed by atoms with Crippen LogP contribution < -0.4 is 10.4 Å². The van der Waals surface area contributed by atoms with Crippen LogP contribution in [0.25, 0.3) is 0 Å². The molecule has 0 fully saturated rings. The van der Waals surface area contributed by atoms with Crippen molar-refractivity contribution >= 4 is 23.8 Å². The average Bonchev–Trinajstić information content (AvgIpc) is 2.18. The van der Waals surface area contributed by atoms with Gasteiger partial charge in [-0.2, -0.15) is 4.65 Å². The molecule has 0 aliphatic rings. The van der Waals surface area contributed by atoms with Crippen LogP contribution in [0.4, 0.5) is 11.4 Å². The Morgan fingerprint density at radius 1 is 1.14 bits per heavy atom. The predicted molar refractivity (Wildman–Crippen MR) is 62.8 cm³/mol. The van der Waals surface area contributed by atoms with Crippen LogP contribution in [0.5, 0.6) is 0 Å². The molecule has 0 aliphatic carbocycles. The second-order valence-corrected chi connectivity index (χ2v) is 3.15. The number of hydrogen-bond acceptors (Lipinski definition) is 2. The van der Waals surface area contributed by atoms with Gasteiger partial charge in [-0.3, -0.25) is 0 Å². The van der Waals surface area contributed by atoms with Crippen molar-refractivity contribution in [2.45, 2.75) is 13.8 Å². The number of hydrogen-bond donors (Lipinski definition) is 2. The molecule has 0 atom stereocenters. The predicted octanol–water partition coefficient (Wildman–Crippen LogP) is 2.43. The molecule has 14 heavy (non-hydrogen) atoms. The average molecular weight is 218 g/mol. The van der Waals surface area contributed by atoms with Gasteiger partial charge in [0.2, 0.25) is 0 Å². The van der Waals surface area contributed by atoms with Gasteiger partial charge in [0.1, 0.15) is 13.1 Å². The third kappa shape index (κ3) is 2.61. The molecule has 4 heteroatoms. The van der Waals surface area contributed by atoms with E-state index in [0.717, 1.165) is 11.4 Å². The van der Waals surface area contributed by atoms with Crippen LogP contribution in [-0.4, -0.2) is 18.3 Å². The number of nitrogen functional groups attached to an aromatic ring is 1. The Kier molecular flexibility index (Phi) is 4.91. The molecule has 1 aromatic rings. The summed E-state index contributed by atoms with van der Waals surface area (Å²) in [6, 6.07) is 7.35. The number of anilines is 1. The molecule has 0 aromatic heterocycles. The van der Waals surface area contributed by atoms with E-state index in [1.807, 2.05) is 38.1 Å². The van der Waals surface area contributed by atoms with Crippen molar-refractivity contribution in [3.8, 4) is 0 Å². The molecular formula is C10H18ClN2O+. The molecule has 1 rings (SSSR count). The normalized spacial score (nSPS) is 10.8.